The Hall–Kier alpha value is -9.01. The zero-order valence-electron chi connectivity index (χ0n) is 74.1. The normalized spacial score (nSPS) is 31.2. The fraction of sp³-hybridized carbons (Fsp3) is 0.596. The van der Waals surface area contributed by atoms with Gasteiger partial charge in [0.15, 0.2) is 24.0 Å². The van der Waals surface area contributed by atoms with Crippen LogP contribution in [0.2, 0.25) is 10.0 Å². The molecule has 0 radical (unpaired) electrons. The molecule has 18 atom stereocenters. The molecule has 6 N–H and O–H groups in total. The van der Waals surface area contributed by atoms with Gasteiger partial charge in [-0.25, -0.2) is 19.2 Å². The Labute approximate surface area is 761 Å². The molecule has 7 heterocycles. The second kappa shape index (κ2) is 44.1. The number of alkyl carbamates (subject to hydrolysis) is 2. The number of thioether (sulfide) groups is 1. The molecule has 8 aliphatic rings. The summed E-state index contributed by atoms with van der Waals surface area (Å²) in [5.74, 6) is -6.99. The number of allylic oxidation sites excluding steroid dienone is 6. The lowest BCUT2D eigenvalue weighted by Gasteiger charge is -2.41. The number of fused-ring (bicyclic) bond motifs is 10. The minimum Gasteiger partial charge on any atom is -0.457 e. The summed E-state index contributed by atoms with van der Waals surface area (Å²) >= 11 is 14.5. The Morgan fingerprint density at radius 1 is 0.638 bits per heavy atom. The van der Waals surface area contributed by atoms with Crippen molar-refractivity contribution in [1.29, 1.82) is 0 Å². The Kier molecular flexibility index (Phi) is 35.3. The SMILES string of the molecule is CNC(=O)C1CCC(CN2C(=O)CC(SCCC(=O)N(C)[C@@H](C)C(=O)O[C@H]3CC(=O)N(C)c4cc(cc(C=O)c4Cl)C/C(C)=C/C=C/[C@@H](C=O)[C@@]4(O)C[C@H](OC(=O)N4)[C@@H](C)[C@@H]4O[C@@]34C)C2=O)CC1.CNC(=O)CCC(C)SSCCC(=O)N(C)[C@@H](C)C(=O)O[C@H]1CC(=O)N(C)c2cc(cc(C=O)c2Cl)C/C(C)=C/C=C/[C@@H](C=O)[C@@]2(O)C[C@H](OC(=O)N2)[C@@H](C)[C@@H]2O[C@@]12C. The number of nitrogens with zero attached hydrogens (tertiary/aromatic N) is 5. The van der Waals surface area contributed by atoms with Crippen LogP contribution in [0.15, 0.2) is 71.9 Å². The second-order valence-corrected chi connectivity index (χ2v) is 39.5. The number of amides is 10. The van der Waals surface area contributed by atoms with E-state index >= 15 is 0 Å². The lowest BCUT2D eigenvalue weighted by molar-refractivity contribution is -0.162. The number of esters is 2. The molecule has 7 aliphatic heterocycles. The molecule has 8 bridgehead atoms. The van der Waals surface area contributed by atoms with Crippen LogP contribution < -0.4 is 31.1 Å². The fourth-order valence-corrected chi connectivity index (χ4v) is 20.8. The van der Waals surface area contributed by atoms with Crippen molar-refractivity contribution in [3.05, 3.63) is 104 Å². The first-order valence-corrected chi connectivity index (χ1v) is 46.6. The van der Waals surface area contributed by atoms with E-state index in [1.54, 1.807) is 101 Å². The number of aliphatic hydroxyl groups is 2. The monoisotopic (exact) mass is 1860 g/mol. The quantitative estimate of drug-likeness (QED) is 0.0103. The van der Waals surface area contributed by atoms with Crippen molar-refractivity contribution in [2.45, 2.75) is 240 Å². The molecular weight excluding hydrogens is 1750 g/mol. The largest absolute Gasteiger partial charge is 0.457 e. The number of benzene rings is 2. The third-order valence-corrected chi connectivity index (χ3v) is 30.4. The van der Waals surface area contributed by atoms with Gasteiger partial charge in [0, 0.05) is 133 Å². The molecule has 6 fully saturated rings. The van der Waals surface area contributed by atoms with E-state index in [9.17, 15) is 86.9 Å². The molecule has 0 spiro atoms. The number of rotatable bonds is 25. The highest BCUT2D eigenvalue weighted by atomic mass is 35.5. The van der Waals surface area contributed by atoms with Gasteiger partial charge in [0.25, 0.3) is 0 Å². The molecule has 5 saturated heterocycles. The molecule has 10 rings (SSSR count). The third-order valence-electron chi connectivity index (χ3n) is 25.4. The number of anilines is 2. The van der Waals surface area contributed by atoms with Gasteiger partial charge in [0.05, 0.1) is 63.6 Å². The number of ether oxygens (including phenoxy) is 6. The summed E-state index contributed by atoms with van der Waals surface area (Å²) in [6.45, 7) is 15.7. The smallest absolute Gasteiger partial charge is 0.409 e. The maximum Gasteiger partial charge on any atom is 0.409 e. The predicted molar refractivity (Wildman–Crippen MR) is 476 cm³/mol. The van der Waals surface area contributed by atoms with Gasteiger partial charge < -0.3 is 78.5 Å². The van der Waals surface area contributed by atoms with Crippen LogP contribution in [0.1, 0.15) is 178 Å². The highest BCUT2D eigenvalue weighted by Gasteiger charge is 2.66. The number of hydrogen-bond donors (Lipinski definition) is 6. The summed E-state index contributed by atoms with van der Waals surface area (Å²) in [5.41, 5.74) is -3.10. The summed E-state index contributed by atoms with van der Waals surface area (Å²) in [7, 11) is 12.2. The number of nitrogens with one attached hydrogen (secondary N) is 4. The van der Waals surface area contributed by atoms with Gasteiger partial charge >= 0.3 is 24.1 Å². The first-order valence-electron chi connectivity index (χ1n) is 42.5. The van der Waals surface area contributed by atoms with Gasteiger partial charge in [-0.2, -0.15) is 0 Å². The maximum atomic E-state index is 14.3. The van der Waals surface area contributed by atoms with E-state index in [4.69, 9.17) is 51.6 Å². The summed E-state index contributed by atoms with van der Waals surface area (Å²) in [5, 5.41) is 33.0. The third kappa shape index (κ3) is 25.0. The summed E-state index contributed by atoms with van der Waals surface area (Å²) in [4.78, 5) is 214. The Morgan fingerprint density at radius 3 is 1.50 bits per heavy atom. The molecule has 2 aromatic rings. The topological polar surface area (TPSA) is 440 Å². The minimum atomic E-state index is -2.04. The summed E-state index contributed by atoms with van der Waals surface area (Å²) < 4.78 is 35.9. The van der Waals surface area contributed by atoms with Crippen molar-refractivity contribution in [2.24, 2.45) is 35.5 Å². The van der Waals surface area contributed by atoms with Gasteiger partial charge in [-0.15, -0.1) is 11.8 Å². The highest BCUT2D eigenvalue weighted by molar-refractivity contribution is 8.76. The zero-order valence-corrected chi connectivity index (χ0v) is 78.1. The zero-order chi connectivity index (χ0) is 93.6. The van der Waals surface area contributed by atoms with E-state index in [2.05, 4.69) is 21.3 Å². The van der Waals surface area contributed by atoms with Gasteiger partial charge in [-0.05, 0) is 128 Å². The number of imide groups is 1. The van der Waals surface area contributed by atoms with Crippen molar-refractivity contribution in [1.82, 2.24) is 36.0 Å². The van der Waals surface area contributed by atoms with Crippen molar-refractivity contribution < 1.29 is 115 Å². The summed E-state index contributed by atoms with van der Waals surface area (Å²) in [6.07, 6.45) is 7.28. The van der Waals surface area contributed by atoms with E-state index in [1.807, 2.05) is 20.8 Å². The molecule has 2 unspecified atom stereocenters. The van der Waals surface area contributed by atoms with Crippen LogP contribution in [-0.2, 0) is 98.8 Å². The molecule has 33 nitrogen and oxygen atoms in total. The number of carbonyl (C=O) groups excluding carboxylic acids is 16. The van der Waals surface area contributed by atoms with Gasteiger partial charge in [-0.1, -0.05) is 113 Å². The number of aldehydes is 4. The Balaban J connectivity index is 0.000000290. The minimum absolute atomic E-state index is 0.00402. The first kappa shape index (κ1) is 102. The number of likely N-dealkylation sites (N-methyl/N-ethyl adjacent to an activating group) is 2. The van der Waals surface area contributed by atoms with Crippen LogP contribution in [0, 0.1) is 35.5 Å². The number of halogens is 2. The standard InChI is InChI=1S/C48H62ClN5O13S.C41H55ClN4O11S2/c1-26-9-8-10-33(25-56)48(64)22-35(65-46(63)51-48)27(2)42-47(4,67-42)37(21-39(58)53(7)34-19-30(17-26)18-32(24-55)41(34)49)66-45(62)28(3)52(6)38(57)15-16-68-36-20-40(59)54(44(36)61)23-29-11-13-31(14-12-29)43(60)50-5;1-23-10-9-11-29(22-48)41(54)20-31(55-39(53)44-41)25(3)37-40(5,57-37)32(19-35(51)46(8)30-18-27(16-23)17-28(21-47)36(30)42)56-38(52)26(4)45(7)34(50)14-15-58-59-24(2)12-13-33(49)43-6/h8-10,18-19,24-25,27-29,31,33,35-37,42,64H,11-17,20-23H2,1-7H3,(H,50,60)(H,51,63);9-11,17-18,21-22,24-26,29,31-32,37,54H,12-16,19-20H2,1-8H3,(H,43,49)(H,44,53)/b10-8+,26-9+;11-9+,23-10+/t27-,28+,29?,31?,33+,35+,36?,37+,42+,47+,48+;24?,25-,26+,29+,31+,32+,37+,40+,41+/m11/s1. The van der Waals surface area contributed by atoms with Crippen LogP contribution >= 0.6 is 56.6 Å². The van der Waals surface area contributed by atoms with Gasteiger partial charge in [0.2, 0.25) is 47.3 Å². The van der Waals surface area contributed by atoms with E-state index in [-0.39, 0.29) is 117 Å². The van der Waals surface area contributed by atoms with E-state index in [0.29, 0.717) is 87.1 Å². The average Bonchev–Trinajstić information content (AvgIpc) is 1.57. The second-order valence-electron chi connectivity index (χ2n) is 34.5. The van der Waals surface area contributed by atoms with Crippen molar-refractivity contribution >= 4 is 164 Å². The molecule has 10 amide bonds. The Morgan fingerprint density at radius 2 is 1.08 bits per heavy atom. The average molecular weight is 1860 g/mol. The van der Waals surface area contributed by atoms with E-state index in [1.165, 1.54) is 101 Å². The van der Waals surface area contributed by atoms with Crippen LogP contribution in [0.5, 0.6) is 0 Å². The van der Waals surface area contributed by atoms with Gasteiger partial charge in [-0.3, -0.25) is 63.5 Å². The predicted octanol–water partition coefficient (Wildman–Crippen LogP) is 8.73. The van der Waals surface area contributed by atoms with Crippen LogP contribution in [-0.4, -0.2) is 264 Å². The van der Waals surface area contributed by atoms with E-state index in [0.717, 1.165) is 24.0 Å². The van der Waals surface area contributed by atoms with E-state index < -0.39 is 155 Å². The van der Waals surface area contributed by atoms with Gasteiger partial charge in [0.1, 0.15) is 60.3 Å². The van der Waals surface area contributed by atoms with Crippen molar-refractivity contribution in [2.75, 3.05) is 70.1 Å². The van der Waals surface area contributed by atoms with Crippen molar-refractivity contribution in [3.8, 4) is 0 Å². The highest BCUT2D eigenvalue weighted by Crippen LogP contribution is 2.52. The number of epoxide rings is 2. The van der Waals surface area contributed by atoms with Crippen LogP contribution in [0.4, 0.5) is 21.0 Å². The molecule has 694 valence electrons. The fourth-order valence-electron chi connectivity index (χ4n) is 16.8. The van der Waals surface area contributed by atoms with Crippen molar-refractivity contribution in [3.63, 3.8) is 0 Å². The molecule has 1 saturated carbocycles. The lowest BCUT2D eigenvalue weighted by atomic mass is 9.81. The lowest BCUT2D eigenvalue weighted by Crippen LogP contribution is -2.61. The molecule has 0 aromatic heterocycles. The molecule has 38 heteroatoms. The first-order chi connectivity index (χ1) is 59.9. The number of likely N-dealkylation sites (tertiary alicyclic amines) is 1. The molecular formula is C89H117Cl2N9O24S3. The number of carbonyl (C=O) groups is 16. The molecule has 2 aromatic carbocycles. The summed E-state index contributed by atoms with van der Waals surface area (Å²) in [6, 6.07) is 4.33. The molecule has 1 aliphatic carbocycles. The van der Waals surface area contributed by atoms with Crippen LogP contribution in [0.25, 0.3) is 0 Å². The van der Waals surface area contributed by atoms with Crippen LogP contribution in [0.3, 0.4) is 0 Å². The Bertz CT molecular complexity index is 4660. The molecule has 127 heavy (non-hydrogen) atoms. The number of hydrogen-bond acceptors (Lipinski definition) is 27. The maximum absolute atomic E-state index is 14.3.